The van der Waals surface area contributed by atoms with Gasteiger partial charge in [0.05, 0.1) is 18.0 Å². The number of phenolic OH excluding ortho intramolecular Hbond substituents is 1. The van der Waals surface area contributed by atoms with Gasteiger partial charge in [0.25, 0.3) is 0 Å². The van der Waals surface area contributed by atoms with E-state index in [1.165, 1.54) is 7.11 Å². The number of hydrogen-bond donors (Lipinski definition) is 2. The van der Waals surface area contributed by atoms with Gasteiger partial charge >= 0.3 is 5.97 Å². The predicted molar refractivity (Wildman–Crippen MR) is 58.4 cm³/mol. The molecular formula is C10H11BrO4. The van der Waals surface area contributed by atoms with Gasteiger partial charge in [-0.2, -0.15) is 0 Å². The predicted octanol–water partition coefficient (Wildman–Crippen LogP) is 2.10. The summed E-state index contributed by atoms with van der Waals surface area (Å²) in [7, 11) is 1.44. The topological polar surface area (TPSA) is 66.8 Å². The van der Waals surface area contributed by atoms with E-state index in [1.54, 1.807) is 13.0 Å². The summed E-state index contributed by atoms with van der Waals surface area (Å²) in [6.45, 7) is 1.77. The van der Waals surface area contributed by atoms with Crippen molar-refractivity contribution in [1.29, 1.82) is 0 Å². The van der Waals surface area contributed by atoms with E-state index in [1.807, 2.05) is 0 Å². The maximum Gasteiger partial charge on any atom is 0.307 e. The third-order valence-corrected chi connectivity index (χ3v) is 2.93. The highest BCUT2D eigenvalue weighted by Gasteiger charge is 2.16. The zero-order valence-corrected chi connectivity index (χ0v) is 9.96. The van der Waals surface area contributed by atoms with Crippen molar-refractivity contribution in [2.24, 2.45) is 0 Å². The highest BCUT2D eigenvalue weighted by molar-refractivity contribution is 9.10. The monoisotopic (exact) mass is 274 g/mol. The van der Waals surface area contributed by atoms with Crippen molar-refractivity contribution in [1.82, 2.24) is 0 Å². The van der Waals surface area contributed by atoms with Crippen molar-refractivity contribution < 1.29 is 19.7 Å². The van der Waals surface area contributed by atoms with Gasteiger partial charge in [-0.15, -0.1) is 0 Å². The van der Waals surface area contributed by atoms with Crippen LogP contribution < -0.4 is 4.74 Å². The smallest absolute Gasteiger partial charge is 0.307 e. The van der Waals surface area contributed by atoms with Crippen LogP contribution in [-0.4, -0.2) is 23.3 Å². The molecule has 0 radical (unpaired) electrons. The van der Waals surface area contributed by atoms with Crippen molar-refractivity contribution in [3.8, 4) is 11.5 Å². The van der Waals surface area contributed by atoms with Crippen molar-refractivity contribution in [3.05, 3.63) is 21.7 Å². The quantitative estimate of drug-likeness (QED) is 0.886. The number of carboxylic acids is 1. The Bertz CT molecular complexity index is 401. The van der Waals surface area contributed by atoms with E-state index in [4.69, 9.17) is 9.84 Å². The molecule has 1 aromatic rings. The summed E-state index contributed by atoms with van der Waals surface area (Å²) in [4.78, 5) is 10.6. The average molecular weight is 275 g/mol. The summed E-state index contributed by atoms with van der Waals surface area (Å²) in [5.74, 6) is -0.684. The first-order valence-electron chi connectivity index (χ1n) is 4.24. The van der Waals surface area contributed by atoms with Crippen molar-refractivity contribution in [3.63, 3.8) is 0 Å². The second kappa shape index (κ2) is 4.53. The first kappa shape index (κ1) is 11.8. The van der Waals surface area contributed by atoms with Gasteiger partial charge in [0.2, 0.25) is 0 Å². The van der Waals surface area contributed by atoms with Crippen LogP contribution in [0.4, 0.5) is 0 Å². The number of carboxylic acid groups (broad SMARTS) is 1. The number of aromatic hydroxyl groups is 1. The maximum absolute atomic E-state index is 10.6. The summed E-state index contributed by atoms with van der Waals surface area (Å²) in [6, 6.07) is 1.61. The minimum atomic E-state index is -0.941. The molecule has 1 aromatic carbocycles. The molecule has 5 heteroatoms. The molecular weight excluding hydrogens is 264 g/mol. The van der Waals surface area contributed by atoms with Crippen LogP contribution in [0.3, 0.4) is 0 Å². The van der Waals surface area contributed by atoms with Gasteiger partial charge in [-0.05, 0) is 40.0 Å². The molecule has 0 spiro atoms. The minimum Gasteiger partial charge on any atom is -0.503 e. The van der Waals surface area contributed by atoms with E-state index in [9.17, 15) is 9.90 Å². The summed E-state index contributed by atoms with van der Waals surface area (Å²) < 4.78 is 5.32. The summed E-state index contributed by atoms with van der Waals surface area (Å²) in [6.07, 6.45) is -0.135. The zero-order chi connectivity index (χ0) is 11.6. The van der Waals surface area contributed by atoms with Crippen LogP contribution in [0.5, 0.6) is 11.5 Å². The third-order valence-electron chi connectivity index (χ3n) is 2.08. The Balaban J connectivity index is 3.29. The molecule has 0 aromatic heterocycles. The third kappa shape index (κ3) is 2.41. The Labute approximate surface area is 95.6 Å². The summed E-state index contributed by atoms with van der Waals surface area (Å²) in [5.41, 5.74) is 1.32. The van der Waals surface area contributed by atoms with E-state index >= 15 is 0 Å². The van der Waals surface area contributed by atoms with Crippen LogP contribution >= 0.6 is 15.9 Å². The Hall–Kier alpha value is -1.23. The molecule has 15 heavy (non-hydrogen) atoms. The van der Waals surface area contributed by atoms with Crippen LogP contribution in [0.25, 0.3) is 0 Å². The van der Waals surface area contributed by atoms with Gasteiger partial charge in [-0.3, -0.25) is 4.79 Å². The molecule has 0 saturated heterocycles. The maximum atomic E-state index is 10.6. The minimum absolute atomic E-state index is 0.0700. The summed E-state index contributed by atoms with van der Waals surface area (Å²) in [5, 5.41) is 18.4. The number of phenols is 1. The second-order valence-corrected chi connectivity index (χ2v) is 3.90. The second-order valence-electron chi connectivity index (χ2n) is 3.11. The molecule has 0 aliphatic rings. The normalized spacial score (nSPS) is 10.1. The van der Waals surface area contributed by atoms with Crippen LogP contribution in [0, 0.1) is 6.92 Å². The lowest BCUT2D eigenvalue weighted by Gasteiger charge is -2.11. The molecule has 0 fully saturated rings. The first-order chi connectivity index (χ1) is 6.97. The molecule has 0 bridgehead atoms. The Morgan fingerprint density at radius 3 is 2.67 bits per heavy atom. The molecule has 0 unspecified atom stereocenters. The van der Waals surface area contributed by atoms with E-state index in [-0.39, 0.29) is 12.2 Å². The highest BCUT2D eigenvalue weighted by Crippen LogP contribution is 2.38. The molecule has 0 heterocycles. The van der Waals surface area contributed by atoms with Crippen LogP contribution in [0.1, 0.15) is 11.1 Å². The van der Waals surface area contributed by atoms with Gasteiger partial charge < -0.3 is 14.9 Å². The SMILES string of the molecule is COc1cc(C)c(CC(=O)O)c(Br)c1O. The molecule has 0 aliphatic heterocycles. The number of carbonyl (C=O) groups is 1. The fourth-order valence-electron chi connectivity index (χ4n) is 1.30. The Morgan fingerprint density at radius 2 is 2.20 bits per heavy atom. The number of aryl methyl sites for hydroxylation is 1. The largest absolute Gasteiger partial charge is 0.503 e. The van der Waals surface area contributed by atoms with Gasteiger partial charge in [-0.1, -0.05) is 0 Å². The molecule has 0 aliphatic carbocycles. The van der Waals surface area contributed by atoms with E-state index < -0.39 is 5.97 Å². The molecule has 82 valence electrons. The van der Waals surface area contributed by atoms with Gasteiger partial charge in [0.15, 0.2) is 11.5 Å². The van der Waals surface area contributed by atoms with E-state index in [0.717, 1.165) is 5.56 Å². The molecule has 0 atom stereocenters. The van der Waals surface area contributed by atoms with Crippen LogP contribution in [0.15, 0.2) is 10.5 Å². The molecule has 2 N–H and O–H groups in total. The Kier molecular flexibility index (Phi) is 3.57. The van der Waals surface area contributed by atoms with Crippen molar-refractivity contribution in [2.45, 2.75) is 13.3 Å². The van der Waals surface area contributed by atoms with Crippen LogP contribution in [-0.2, 0) is 11.2 Å². The van der Waals surface area contributed by atoms with Gasteiger partial charge in [-0.25, -0.2) is 0 Å². The standard InChI is InChI=1S/C10H11BrO4/c1-5-3-7(15-2)10(14)9(11)6(5)4-8(12)13/h3,14H,4H2,1-2H3,(H,12,13). The van der Waals surface area contributed by atoms with Gasteiger partial charge in [0, 0.05) is 0 Å². The highest BCUT2D eigenvalue weighted by atomic mass is 79.9. The number of aliphatic carboxylic acids is 1. The van der Waals surface area contributed by atoms with Gasteiger partial charge in [0.1, 0.15) is 0 Å². The lowest BCUT2D eigenvalue weighted by atomic mass is 10.0. The van der Waals surface area contributed by atoms with E-state index in [2.05, 4.69) is 15.9 Å². The average Bonchev–Trinajstić information content (AvgIpc) is 2.18. The number of halogens is 1. The fraction of sp³-hybridized carbons (Fsp3) is 0.300. The number of benzene rings is 1. The van der Waals surface area contributed by atoms with Crippen LogP contribution in [0.2, 0.25) is 0 Å². The molecule has 0 amide bonds. The lowest BCUT2D eigenvalue weighted by Crippen LogP contribution is -2.03. The van der Waals surface area contributed by atoms with Crippen molar-refractivity contribution in [2.75, 3.05) is 7.11 Å². The lowest BCUT2D eigenvalue weighted by molar-refractivity contribution is -0.136. The molecule has 0 saturated carbocycles. The first-order valence-corrected chi connectivity index (χ1v) is 5.03. The molecule has 4 nitrogen and oxygen atoms in total. The van der Waals surface area contributed by atoms with E-state index in [0.29, 0.717) is 15.8 Å². The molecule has 1 rings (SSSR count). The number of ether oxygens (including phenoxy) is 1. The number of methoxy groups -OCH3 is 1. The Morgan fingerprint density at radius 1 is 1.60 bits per heavy atom. The number of rotatable bonds is 3. The zero-order valence-electron chi connectivity index (χ0n) is 8.37. The summed E-state index contributed by atoms with van der Waals surface area (Å²) >= 11 is 3.16. The fourth-order valence-corrected chi connectivity index (χ4v) is 1.95. The van der Waals surface area contributed by atoms with Crippen molar-refractivity contribution >= 4 is 21.9 Å². The number of hydrogen-bond acceptors (Lipinski definition) is 3.